The van der Waals surface area contributed by atoms with Crippen LogP contribution in [0.2, 0.25) is 0 Å². The molecule has 3 fully saturated rings. The number of amides is 1. The van der Waals surface area contributed by atoms with Crippen LogP contribution in [0, 0.1) is 5.92 Å². The number of benzene rings is 1. The fourth-order valence-corrected chi connectivity index (χ4v) is 6.56. The average molecular weight is 508 g/mol. The number of carbonyl (C=O) groups is 4. The number of carbonyl (C=O) groups excluding carboxylic acids is 4. The average Bonchev–Trinajstić information content (AvgIpc) is 3.50. The zero-order chi connectivity index (χ0) is 26.1. The first-order chi connectivity index (χ1) is 17.8. The lowest BCUT2D eigenvalue weighted by molar-refractivity contribution is -0.137. The Balaban J connectivity index is 1.37. The molecule has 5 unspecified atom stereocenters. The molecule has 0 saturated carbocycles. The monoisotopic (exact) mass is 507 g/mol. The Labute approximate surface area is 213 Å². The maximum Gasteiger partial charge on any atom is 0.404 e. The van der Waals surface area contributed by atoms with E-state index in [9.17, 15) is 19.2 Å². The normalized spacial score (nSPS) is 32.1. The molecule has 1 aromatic rings. The van der Waals surface area contributed by atoms with Gasteiger partial charge in [-0.2, -0.15) is 0 Å². The van der Waals surface area contributed by atoms with Gasteiger partial charge in [-0.05, 0) is 12.5 Å². The van der Waals surface area contributed by atoms with E-state index >= 15 is 0 Å². The first-order valence-corrected chi connectivity index (χ1v) is 12.4. The van der Waals surface area contributed by atoms with E-state index in [4.69, 9.17) is 15.2 Å². The highest BCUT2D eigenvalue weighted by molar-refractivity contribution is 6.23. The molecular formula is C26H29N5O6. The molecule has 0 bridgehead atoms. The molecule has 11 nitrogen and oxygen atoms in total. The molecule has 5 atom stereocenters. The Bertz CT molecular complexity index is 1270. The van der Waals surface area contributed by atoms with E-state index in [0.29, 0.717) is 48.7 Å². The van der Waals surface area contributed by atoms with Gasteiger partial charge in [0.2, 0.25) is 11.6 Å². The third kappa shape index (κ3) is 3.45. The molecular weight excluding hydrogens is 478 g/mol. The van der Waals surface area contributed by atoms with Crippen molar-refractivity contribution in [3.63, 3.8) is 0 Å². The van der Waals surface area contributed by atoms with Gasteiger partial charge in [0, 0.05) is 56.5 Å². The number of allylic oxidation sites excluding steroid dienone is 2. The molecule has 3 saturated heterocycles. The second-order valence-corrected chi connectivity index (χ2v) is 10.1. The summed E-state index contributed by atoms with van der Waals surface area (Å²) in [5.41, 5.74) is 6.74. The summed E-state index contributed by atoms with van der Waals surface area (Å²) in [5, 5.41) is 6.72. The van der Waals surface area contributed by atoms with Gasteiger partial charge >= 0.3 is 6.09 Å². The first kappa shape index (κ1) is 23.8. The Morgan fingerprint density at radius 1 is 1.22 bits per heavy atom. The molecule has 1 aromatic carbocycles. The van der Waals surface area contributed by atoms with Gasteiger partial charge in [0.1, 0.15) is 6.61 Å². The first-order valence-electron chi connectivity index (χ1n) is 12.4. The number of Topliss-reactive ketones (excluding diaryl/α,β-unsaturated/α-hetero) is 2. The summed E-state index contributed by atoms with van der Waals surface area (Å²) in [6.45, 7) is 3.59. The Kier molecular flexibility index (Phi) is 5.48. The minimum absolute atomic E-state index is 0.0223. The molecule has 6 rings (SSSR count). The largest absolute Gasteiger partial charge is 0.449 e. The summed E-state index contributed by atoms with van der Waals surface area (Å²) in [6, 6.07) is 7.14. The van der Waals surface area contributed by atoms with Crippen LogP contribution < -0.4 is 16.4 Å². The van der Waals surface area contributed by atoms with Crippen LogP contribution >= 0.6 is 0 Å². The van der Waals surface area contributed by atoms with Crippen LogP contribution in [-0.4, -0.2) is 90.9 Å². The van der Waals surface area contributed by atoms with Crippen molar-refractivity contribution in [1.82, 2.24) is 20.4 Å². The van der Waals surface area contributed by atoms with Gasteiger partial charge in [-0.1, -0.05) is 24.3 Å². The van der Waals surface area contributed by atoms with Crippen LogP contribution in [-0.2, 0) is 19.1 Å². The van der Waals surface area contributed by atoms with Gasteiger partial charge in [-0.3, -0.25) is 14.4 Å². The molecule has 37 heavy (non-hydrogen) atoms. The number of rotatable bonds is 6. The quantitative estimate of drug-likeness (QED) is 0.269. The van der Waals surface area contributed by atoms with Gasteiger partial charge in [0.05, 0.1) is 29.4 Å². The highest BCUT2D eigenvalue weighted by Gasteiger charge is 2.72. The van der Waals surface area contributed by atoms with E-state index < -0.39 is 17.7 Å². The van der Waals surface area contributed by atoms with Crippen LogP contribution in [0.5, 0.6) is 0 Å². The van der Waals surface area contributed by atoms with Crippen molar-refractivity contribution in [1.29, 1.82) is 0 Å². The molecule has 4 N–H and O–H groups in total. The van der Waals surface area contributed by atoms with Crippen LogP contribution in [0.25, 0.3) is 0 Å². The smallest absolute Gasteiger partial charge is 0.404 e. The predicted molar refractivity (Wildman–Crippen MR) is 130 cm³/mol. The zero-order valence-electron chi connectivity index (χ0n) is 20.7. The third-order valence-corrected chi connectivity index (χ3v) is 8.26. The van der Waals surface area contributed by atoms with Crippen LogP contribution in [0.4, 0.5) is 4.79 Å². The summed E-state index contributed by atoms with van der Waals surface area (Å²) in [5.74, 6) is -1.24. The number of methoxy groups -OCH3 is 1. The summed E-state index contributed by atoms with van der Waals surface area (Å²) in [6.07, 6.45) is 0.477. The third-order valence-electron chi connectivity index (χ3n) is 8.26. The van der Waals surface area contributed by atoms with Crippen LogP contribution in [0.15, 0.2) is 47.3 Å². The summed E-state index contributed by atoms with van der Waals surface area (Å²) in [7, 11) is 1.55. The van der Waals surface area contributed by atoms with E-state index in [1.807, 2.05) is 21.9 Å². The molecule has 0 radical (unpaired) electrons. The van der Waals surface area contributed by atoms with Crippen molar-refractivity contribution in [2.24, 2.45) is 11.7 Å². The fourth-order valence-electron chi connectivity index (χ4n) is 6.56. The summed E-state index contributed by atoms with van der Waals surface area (Å²) < 4.78 is 11.2. The molecule has 0 aromatic heterocycles. The number of hydrogen-bond donors (Lipinski definition) is 3. The van der Waals surface area contributed by atoms with Gasteiger partial charge in [0.15, 0.2) is 11.5 Å². The molecule has 5 aliphatic rings. The molecule has 4 aliphatic heterocycles. The number of ether oxygens (including phenoxy) is 2. The number of fused-ring (bicyclic) bond motifs is 4. The second-order valence-electron chi connectivity index (χ2n) is 10.1. The minimum atomic E-state index is -1.01. The van der Waals surface area contributed by atoms with Gasteiger partial charge in [-0.25, -0.2) is 4.79 Å². The maximum atomic E-state index is 14.2. The van der Waals surface area contributed by atoms with Crippen LogP contribution in [0.1, 0.15) is 28.9 Å². The lowest BCUT2D eigenvalue weighted by atomic mass is 9.83. The zero-order valence-corrected chi connectivity index (χ0v) is 20.7. The lowest BCUT2D eigenvalue weighted by Crippen LogP contribution is -2.55. The summed E-state index contributed by atoms with van der Waals surface area (Å²) in [4.78, 5) is 54.9. The number of hydrogen-bond acceptors (Lipinski definition) is 10. The molecule has 1 amide bonds. The van der Waals surface area contributed by atoms with E-state index in [-0.39, 0.29) is 42.1 Å². The van der Waals surface area contributed by atoms with E-state index in [1.54, 1.807) is 19.2 Å². The molecule has 194 valence electrons. The van der Waals surface area contributed by atoms with Gasteiger partial charge < -0.3 is 35.6 Å². The summed E-state index contributed by atoms with van der Waals surface area (Å²) >= 11 is 0. The molecule has 0 spiro atoms. The van der Waals surface area contributed by atoms with Crippen molar-refractivity contribution in [2.75, 3.05) is 39.9 Å². The van der Waals surface area contributed by atoms with Gasteiger partial charge in [-0.15, -0.1) is 0 Å². The van der Waals surface area contributed by atoms with Crippen molar-refractivity contribution < 1.29 is 28.7 Å². The van der Waals surface area contributed by atoms with Crippen molar-refractivity contribution in [3.8, 4) is 0 Å². The Morgan fingerprint density at radius 3 is 2.65 bits per heavy atom. The molecule has 1 aliphatic carbocycles. The number of ketones is 3. The van der Waals surface area contributed by atoms with E-state index in [0.717, 1.165) is 5.56 Å². The van der Waals surface area contributed by atoms with Gasteiger partial charge in [0.25, 0.3) is 0 Å². The molecule has 11 heteroatoms. The minimum Gasteiger partial charge on any atom is -0.449 e. The van der Waals surface area contributed by atoms with E-state index in [2.05, 4.69) is 10.6 Å². The predicted octanol–water partition coefficient (Wildman–Crippen LogP) is -0.151. The standard InChI is InChI=1S/C26H29N5O6/c1-13(32)14-3-5-15(6-4-14)19-10-28-7-8-30(19)18-9-20(33)22-21(23(18)34)16(12-37-25(27)35)26(36-2)24-17(29-24)11-31(22)26/h3-6,9,16-17,19,24,28-29H,7-8,10-12H2,1-2H3,(H2,27,35). The fraction of sp³-hybridized carbons (Fsp3) is 0.462. The topological polar surface area (TPSA) is 153 Å². The van der Waals surface area contributed by atoms with Crippen molar-refractivity contribution in [2.45, 2.75) is 30.8 Å². The number of nitrogens with two attached hydrogens (primary N) is 1. The number of nitrogens with one attached hydrogen (secondary N) is 2. The van der Waals surface area contributed by atoms with Crippen molar-refractivity contribution in [3.05, 3.63) is 58.4 Å². The molecule has 4 heterocycles. The lowest BCUT2D eigenvalue weighted by Gasteiger charge is -2.40. The van der Waals surface area contributed by atoms with E-state index in [1.165, 1.54) is 13.0 Å². The SMILES string of the molecule is COC12C(COC(N)=O)C3=C(C(=O)C=C(N4CCNCC4c4ccc(C(C)=O)cc4)C3=O)N1CC1NC12. The highest BCUT2D eigenvalue weighted by atomic mass is 16.6. The maximum absolute atomic E-state index is 14.2. The van der Waals surface area contributed by atoms with Crippen LogP contribution in [0.3, 0.4) is 0 Å². The number of piperazine rings is 2. The number of primary amides is 1. The highest BCUT2D eigenvalue weighted by Crippen LogP contribution is 2.55. The second kappa shape index (κ2) is 8.51. The number of nitrogens with zero attached hydrogens (tertiary/aromatic N) is 2. The Morgan fingerprint density at radius 2 is 1.97 bits per heavy atom. The Hall–Kier alpha value is -3.54. The van der Waals surface area contributed by atoms with Crippen molar-refractivity contribution >= 4 is 23.4 Å².